The van der Waals surface area contributed by atoms with Gasteiger partial charge in [-0.05, 0) is 31.0 Å². The van der Waals surface area contributed by atoms with Gasteiger partial charge in [0, 0.05) is 16.9 Å². The molecule has 1 unspecified atom stereocenters. The van der Waals surface area contributed by atoms with E-state index >= 15 is 0 Å². The van der Waals surface area contributed by atoms with Gasteiger partial charge in [-0.2, -0.15) is 0 Å². The van der Waals surface area contributed by atoms with Crippen molar-refractivity contribution in [3.8, 4) is 5.75 Å². The van der Waals surface area contributed by atoms with Crippen molar-refractivity contribution in [3.05, 3.63) is 59.4 Å². The molecule has 0 fully saturated rings. The van der Waals surface area contributed by atoms with Crippen LogP contribution in [0.25, 0.3) is 0 Å². The molecule has 1 aromatic heterocycles. The second-order valence-corrected chi connectivity index (χ2v) is 5.47. The molecule has 0 saturated carbocycles. The first-order valence-electron chi connectivity index (χ1n) is 6.94. The van der Waals surface area contributed by atoms with E-state index in [-0.39, 0.29) is 0 Å². The number of aromatic nitrogens is 1. The molecule has 0 N–H and O–H groups in total. The smallest absolute Gasteiger partial charge is 0.140 e. The number of benzene rings is 1. The highest BCUT2D eigenvalue weighted by Gasteiger charge is 2.12. The van der Waals surface area contributed by atoms with E-state index in [9.17, 15) is 0 Å². The van der Waals surface area contributed by atoms with Gasteiger partial charge in [-0.3, -0.25) is 4.98 Å². The average Bonchev–Trinajstić information content (AvgIpc) is 2.50. The second-order valence-electron chi connectivity index (χ2n) is 4.82. The SMILES string of the molecule is CCc1nc(C)ccc1OCC(CBr)c1ccccc1. The molecule has 2 nitrogen and oxygen atoms in total. The number of aryl methyl sites for hydroxylation is 2. The Balaban J connectivity index is 2.07. The van der Waals surface area contributed by atoms with E-state index in [1.807, 2.05) is 25.1 Å². The molecule has 1 heterocycles. The first-order chi connectivity index (χ1) is 9.74. The molecule has 0 amide bonds. The summed E-state index contributed by atoms with van der Waals surface area (Å²) >= 11 is 3.58. The van der Waals surface area contributed by atoms with Crippen molar-refractivity contribution in [1.82, 2.24) is 4.98 Å². The maximum Gasteiger partial charge on any atom is 0.140 e. The van der Waals surface area contributed by atoms with Crippen molar-refractivity contribution in [3.63, 3.8) is 0 Å². The summed E-state index contributed by atoms with van der Waals surface area (Å²) in [6.07, 6.45) is 0.890. The van der Waals surface area contributed by atoms with E-state index in [4.69, 9.17) is 4.74 Å². The molecule has 20 heavy (non-hydrogen) atoms. The third-order valence-corrected chi connectivity index (χ3v) is 4.09. The fourth-order valence-corrected chi connectivity index (χ4v) is 2.69. The molecule has 0 aliphatic carbocycles. The Morgan fingerprint density at radius 2 is 1.90 bits per heavy atom. The number of hydrogen-bond donors (Lipinski definition) is 0. The van der Waals surface area contributed by atoms with Crippen molar-refractivity contribution < 1.29 is 4.74 Å². The Kier molecular flexibility index (Phi) is 5.60. The van der Waals surface area contributed by atoms with Gasteiger partial charge in [0.25, 0.3) is 0 Å². The number of alkyl halides is 1. The quantitative estimate of drug-likeness (QED) is 0.725. The van der Waals surface area contributed by atoms with E-state index < -0.39 is 0 Å². The molecule has 1 atom stereocenters. The standard InChI is InChI=1S/C17H20BrNO/c1-3-16-17(10-9-13(2)19-16)20-12-15(11-18)14-7-5-4-6-8-14/h4-10,15H,3,11-12H2,1-2H3. The third kappa shape index (κ3) is 3.83. The van der Waals surface area contributed by atoms with Crippen LogP contribution in [-0.2, 0) is 6.42 Å². The summed E-state index contributed by atoms with van der Waals surface area (Å²) in [5, 5.41) is 0.887. The lowest BCUT2D eigenvalue weighted by Crippen LogP contribution is -2.13. The average molecular weight is 334 g/mol. The molecule has 0 aliphatic rings. The lowest BCUT2D eigenvalue weighted by atomic mass is 10.0. The highest BCUT2D eigenvalue weighted by atomic mass is 79.9. The van der Waals surface area contributed by atoms with Gasteiger partial charge >= 0.3 is 0 Å². The Hall–Kier alpha value is -1.35. The van der Waals surface area contributed by atoms with Crippen LogP contribution in [0.2, 0.25) is 0 Å². The molecular formula is C17H20BrNO. The molecule has 0 bridgehead atoms. The third-order valence-electron chi connectivity index (χ3n) is 3.30. The van der Waals surface area contributed by atoms with Crippen molar-refractivity contribution in [2.75, 3.05) is 11.9 Å². The molecule has 1 aromatic carbocycles. The zero-order valence-electron chi connectivity index (χ0n) is 12.0. The van der Waals surface area contributed by atoms with Crippen LogP contribution in [0.3, 0.4) is 0 Å². The lowest BCUT2D eigenvalue weighted by molar-refractivity contribution is 0.293. The van der Waals surface area contributed by atoms with E-state index in [1.54, 1.807) is 0 Å². The molecule has 0 saturated heterocycles. The first-order valence-corrected chi connectivity index (χ1v) is 8.07. The van der Waals surface area contributed by atoms with Crippen LogP contribution in [0.1, 0.15) is 29.8 Å². The highest BCUT2D eigenvalue weighted by molar-refractivity contribution is 9.09. The number of ether oxygens (including phenoxy) is 1. The number of pyridine rings is 1. The Morgan fingerprint density at radius 1 is 1.15 bits per heavy atom. The van der Waals surface area contributed by atoms with Gasteiger partial charge in [-0.1, -0.05) is 53.2 Å². The summed E-state index contributed by atoms with van der Waals surface area (Å²) in [6, 6.07) is 14.5. The van der Waals surface area contributed by atoms with Crippen molar-refractivity contribution in [2.45, 2.75) is 26.2 Å². The number of halogens is 1. The molecule has 3 heteroatoms. The monoisotopic (exact) mass is 333 g/mol. The summed E-state index contributed by atoms with van der Waals surface area (Å²) < 4.78 is 6.00. The second kappa shape index (κ2) is 7.44. The van der Waals surface area contributed by atoms with E-state index in [2.05, 4.69) is 52.1 Å². The van der Waals surface area contributed by atoms with E-state index in [0.29, 0.717) is 12.5 Å². The van der Waals surface area contributed by atoms with Crippen molar-refractivity contribution in [2.24, 2.45) is 0 Å². The first kappa shape index (κ1) is 15.0. The van der Waals surface area contributed by atoms with Crippen LogP contribution in [0, 0.1) is 6.92 Å². The zero-order chi connectivity index (χ0) is 14.4. The molecule has 0 aliphatic heterocycles. The predicted molar refractivity (Wildman–Crippen MR) is 86.8 cm³/mol. The van der Waals surface area contributed by atoms with Crippen LogP contribution in [0.4, 0.5) is 0 Å². The highest BCUT2D eigenvalue weighted by Crippen LogP contribution is 2.22. The van der Waals surface area contributed by atoms with Crippen LogP contribution in [-0.4, -0.2) is 16.9 Å². The fourth-order valence-electron chi connectivity index (χ4n) is 2.13. The largest absolute Gasteiger partial charge is 0.491 e. The van der Waals surface area contributed by atoms with Gasteiger partial charge in [0.1, 0.15) is 5.75 Å². The van der Waals surface area contributed by atoms with Crippen molar-refractivity contribution >= 4 is 15.9 Å². The Labute approximate surface area is 129 Å². The number of rotatable bonds is 6. The summed E-state index contributed by atoms with van der Waals surface area (Å²) in [4.78, 5) is 4.53. The normalized spacial score (nSPS) is 12.2. The topological polar surface area (TPSA) is 22.1 Å². The lowest BCUT2D eigenvalue weighted by Gasteiger charge is -2.17. The molecule has 106 valence electrons. The number of hydrogen-bond acceptors (Lipinski definition) is 2. The molecule has 0 spiro atoms. The van der Waals surface area contributed by atoms with Crippen LogP contribution < -0.4 is 4.74 Å². The van der Waals surface area contributed by atoms with Gasteiger partial charge in [-0.25, -0.2) is 0 Å². The number of nitrogens with zero attached hydrogens (tertiary/aromatic N) is 1. The predicted octanol–water partition coefficient (Wildman–Crippen LogP) is 4.51. The minimum atomic E-state index is 0.349. The van der Waals surface area contributed by atoms with Crippen LogP contribution in [0.5, 0.6) is 5.75 Å². The van der Waals surface area contributed by atoms with E-state index in [1.165, 1.54) is 5.56 Å². The van der Waals surface area contributed by atoms with Crippen LogP contribution >= 0.6 is 15.9 Å². The Bertz CT molecular complexity index is 542. The molecular weight excluding hydrogens is 314 g/mol. The van der Waals surface area contributed by atoms with E-state index in [0.717, 1.165) is 28.9 Å². The summed E-state index contributed by atoms with van der Waals surface area (Å²) in [5.41, 5.74) is 3.36. The maximum atomic E-state index is 6.00. The van der Waals surface area contributed by atoms with Gasteiger partial charge in [0.15, 0.2) is 0 Å². The molecule has 0 radical (unpaired) electrons. The summed E-state index contributed by atoms with van der Waals surface area (Å²) in [5.74, 6) is 1.25. The van der Waals surface area contributed by atoms with Gasteiger partial charge in [-0.15, -0.1) is 0 Å². The van der Waals surface area contributed by atoms with Gasteiger partial charge in [0.2, 0.25) is 0 Å². The Morgan fingerprint density at radius 3 is 2.55 bits per heavy atom. The molecule has 2 rings (SSSR count). The van der Waals surface area contributed by atoms with Crippen LogP contribution in [0.15, 0.2) is 42.5 Å². The molecule has 2 aromatic rings. The zero-order valence-corrected chi connectivity index (χ0v) is 13.6. The maximum absolute atomic E-state index is 6.00. The minimum absolute atomic E-state index is 0.349. The summed E-state index contributed by atoms with van der Waals surface area (Å²) in [7, 11) is 0. The van der Waals surface area contributed by atoms with Gasteiger partial charge in [0.05, 0.1) is 12.3 Å². The van der Waals surface area contributed by atoms with Gasteiger partial charge < -0.3 is 4.74 Å². The van der Waals surface area contributed by atoms with Crippen molar-refractivity contribution in [1.29, 1.82) is 0 Å². The summed E-state index contributed by atoms with van der Waals surface area (Å²) in [6.45, 7) is 4.77. The minimum Gasteiger partial charge on any atom is -0.491 e. The fraction of sp³-hybridized carbons (Fsp3) is 0.353.